The largest absolute Gasteiger partial charge is 0.465 e. The minimum absolute atomic E-state index is 0.325. The summed E-state index contributed by atoms with van der Waals surface area (Å²) < 4.78 is 77.9. The third-order valence-electron chi connectivity index (χ3n) is 12.6. The number of esters is 8. The Kier molecular flexibility index (Phi) is 25.2. The van der Waals surface area contributed by atoms with Gasteiger partial charge in [0.25, 0.3) is 5.79 Å². The number of nitrogens with one attached hydrogen (secondary N) is 1. The number of benzene rings is 1. The highest BCUT2D eigenvalue weighted by Crippen LogP contribution is 2.48. The monoisotopic (exact) mass is 1220 g/mol. The lowest BCUT2D eigenvalue weighted by Gasteiger charge is -2.54. The Morgan fingerprint density at radius 3 is 1.69 bits per heavy atom. The molecule has 3 saturated heterocycles. The smallest absolute Gasteiger partial charge is 0.368 e. The number of carbonyl (C=O) groups excluding carboxylic acids is 9. The molecule has 1 aromatic rings. The molecule has 83 heavy (non-hydrogen) atoms. The molecule has 3 fully saturated rings. The lowest BCUT2D eigenvalue weighted by molar-refractivity contribution is -0.378. The quantitative estimate of drug-likeness (QED) is 0.0957. The highest BCUT2D eigenvalue weighted by atomic mass is 32.2. The Morgan fingerprint density at radius 2 is 1.20 bits per heavy atom. The fraction of sp³-hybridized carbons (Fsp3) is 0.727. The summed E-state index contributed by atoms with van der Waals surface area (Å²) in [4.78, 5) is 121. The second kappa shape index (κ2) is 29.8. The first-order chi connectivity index (χ1) is 38.5. The highest BCUT2D eigenvalue weighted by molar-refractivity contribution is 8.00. The van der Waals surface area contributed by atoms with Gasteiger partial charge in [-0.15, -0.1) is 23.5 Å². The van der Waals surface area contributed by atoms with Crippen molar-refractivity contribution in [3.63, 3.8) is 0 Å². The van der Waals surface area contributed by atoms with Gasteiger partial charge < -0.3 is 82.2 Å². The minimum Gasteiger partial charge on any atom is -0.465 e. The molecule has 0 spiro atoms. The molecule has 0 bridgehead atoms. The van der Waals surface area contributed by atoms with Crippen LogP contribution in [-0.4, -0.2) is 204 Å². The number of hydrogen-bond donors (Lipinski definition) is 4. The van der Waals surface area contributed by atoms with Crippen molar-refractivity contribution in [3.8, 4) is 0 Å². The van der Waals surface area contributed by atoms with Crippen LogP contribution < -0.4 is 5.32 Å². The van der Waals surface area contributed by atoms with Crippen molar-refractivity contribution in [2.45, 2.75) is 211 Å². The van der Waals surface area contributed by atoms with Crippen LogP contribution in [0.3, 0.4) is 0 Å². The van der Waals surface area contributed by atoms with Crippen LogP contribution in [0, 0.1) is 16.2 Å². The molecule has 4 rings (SSSR count). The topological polar surface area (TPSA) is 346 Å². The molecule has 0 saturated carbocycles. The van der Waals surface area contributed by atoms with Crippen molar-refractivity contribution in [2.24, 2.45) is 16.2 Å². The first-order valence-electron chi connectivity index (χ1n) is 26.7. The third-order valence-corrected chi connectivity index (χ3v) is 15.0. The number of rotatable bonds is 22. The number of carbonyl (C=O) groups is 9. The van der Waals surface area contributed by atoms with E-state index in [0.717, 1.165) is 65.3 Å². The molecule has 0 radical (unpaired) electrons. The van der Waals surface area contributed by atoms with E-state index in [1.54, 1.807) is 78.8 Å². The van der Waals surface area contributed by atoms with Gasteiger partial charge in [-0.3, -0.25) is 38.4 Å². The molecule has 1 amide bonds. The minimum atomic E-state index is -3.16. The van der Waals surface area contributed by atoms with Crippen LogP contribution in [0.5, 0.6) is 0 Å². The van der Waals surface area contributed by atoms with E-state index in [0.29, 0.717) is 10.6 Å². The van der Waals surface area contributed by atoms with Crippen molar-refractivity contribution < 1.29 is 120 Å². The summed E-state index contributed by atoms with van der Waals surface area (Å²) >= 11 is 1.91. The van der Waals surface area contributed by atoms with E-state index in [4.69, 9.17) is 61.6 Å². The van der Waals surface area contributed by atoms with Gasteiger partial charge >= 0.3 is 47.8 Å². The summed E-state index contributed by atoms with van der Waals surface area (Å²) in [5.41, 5.74) is -4.38. The first kappa shape index (κ1) is 70.3. The fourth-order valence-corrected chi connectivity index (χ4v) is 10.9. The molecule has 0 aromatic heterocycles. The Balaban J connectivity index is 2.04. The molecule has 3 aliphatic heterocycles. The van der Waals surface area contributed by atoms with Gasteiger partial charge in [-0.25, -0.2) is 4.79 Å². The Morgan fingerprint density at radius 1 is 0.651 bits per heavy atom. The van der Waals surface area contributed by atoms with E-state index >= 15 is 4.79 Å². The molecule has 0 aliphatic carbocycles. The zero-order chi connectivity index (χ0) is 62.7. The number of aliphatic hydroxyl groups excluding tert-OH is 3. The molecule has 0 unspecified atom stereocenters. The number of amides is 1. The zero-order valence-electron chi connectivity index (χ0n) is 49.6. The van der Waals surface area contributed by atoms with Crippen LogP contribution in [0.15, 0.2) is 35.2 Å². The van der Waals surface area contributed by atoms with Gasteiger partial charge in [0.15, 0.2) is 24.6 Å². The van der Waals surface area contributed by atoms with E-state index in [-0.39, 0.29) is 0 Å². The van der Waals surface area contributed by atoms with Crippen LogP contribution in [0.1, 0.15) is 104 Å². The van der Waals surface area contributed by atoms with Crippen molar-refractivity contribution in [3.05, 3.63) is 30.3 Å². The molecule has 17 atom stereocenters. The maximum Gasteiger partial charge on any atom is 0.368 e. The Hall–Kier alpha value is -5.17. The standard InChI is InChI=1S/C55H81NO25S2/c1-17-82-47-44(79-50(67)54(13,14)15)38(64)39(32(77-47)24-71-48(65)52(7,8)9)78-46-37(63)36(62)40(33(76-46)25-72-49(66)53(10,11)12)80-55(51(68)69-16)45(83-31-21-19-18-20-22-31)43(75-30(6)61)35(56-26(2)57)42(81-55)41(74-29(5)60)34(73-28(4)59)23-70-27(3)58/h18-22,32-47,62-64H,17,23-25H2,1-16H3,(H,56,57)/t32-,33-,34-,35+,36-,37-,38+,39-,40+,41-,42-,43-,44-,45+,46+,47+,55-/m1/s1. The van der Waals surface area contributed by atoms with Gasteiger partial charge in [-0.2, -0.15) is 0 Å². The molecular weight excluding hydrogens is 1140 g/mol. The van der Waals surface area contributed by atoms with E-state index in [2.05, 4.69) is 5.32 Å². The number of aliphatic hydroxyl groups is 3. The van der Waals surface area contributed by atoms with Gasteiger partial charge in [0.2, 0.25) is 5.91 Å². The molecular formula is C55H81NO25S2. The predicted octanol–water partition coefficient (Wildman–Crippen LogP) is 2.47. The average Bonchev–Trinajstić information content (AvgIpc) is 3.05. The molecule has 3 aliphatic rings. The number of hydrogen-bond acceptors (Lipinski definition) is 27. The lowest BCUT2D eigenvalue weighted by Crippen LogP contribution is -2.76. The van der Waals surface area contributed by atoms with Crippen LogP contribution in [0.4, 0.5) is 0 Å². The molecule has 1 aromatic carbocycles. The van der Waals surface area contributed by atoms with E-state index in [1.807, 2.05) is 0 Å². The van der Waals surface area contributed by atoms with Gasteiger partial charge in [-0.1, -0.05) is 25.1 Å². The number of ether oxygens (including phenoxy) is 13. The number of thioether (sulfide) groups is 2. The van der Waals surface area contributed by atoms with Crippen LogP contribution in [-0.2, 0) is 105 Å². The second-order valence-electron chi connectivity index (χ2n) is 22.9. The second-order valence-corrected chi connectivity index (χ2v) is 25.5. The summed E-state index contributed by atoms with van der Waals surface area (Å²) in [6, 6.07) is 6.31. The summed E-state index contributed by atoms with van der Waals surface area (Å²) in [5, 5.41) is 38.0. The highest BCUT2D eigenvalue weighted by Gasteiger charge is 2.68. The summed E-state index contributed by atoms with van der Waals surface area (Å²) in [7, 11) is 0.903. The van der Waals surface area contributed by atoms with Crippen molar-refractivity contribution >= 4 is 77.2 Å². The summed E-state index contributed by atoms with van der Waals surface area (Å²) in [5.74, 6) is -11.3. The summed E-state index contributed by atoms with van der Waals surface area (Å²) in [6.45, 7) is 18.6. The van der Waals surface area contributed by atoms with E-state index in [9.17, 15) is 53.7 Å². The third kappa shape index (κ3) is 18.9. The maximum absolute atomic E-state index is 15.2. The van der Waals surface area contributed by atoms with E-state index in [1.165, 1.54) is 20.8 Å². The SMILES string of the molecule is CCS[C@@H]1O[C@H](COC(=O)C(C)(C)C)[C@@H](O[C@@H]2O[C@H](COC(=O)C(C)(C)C)[C@H](O[C@@]3(C(=O)OC)O[C@@H]([C@H](OC(C)=O)[C@@H](COC(C)=O)OC(C)=O)[C@H](NC(C)=O)[C@@H](OC(C)=O)[C@@H]3Sc3ccccc3)[C@H](O)[C@H]2O)[C@H](O)[C@H]1OC(=O)C(C)(C)C. The normalized spacial score (nSPS) is 30.0. The van der Waals surface area contributed by atoms with Gasteiger partial charge in [-0.05, 0) is 80.2 Å². The van der Waals surface area contributed by atoms with Crippen LogP contribution >= 0.6 is 23.5 Å². The van der Waals surface area contributed by atoms with Gasteiger partial charge in [0.05, 0.1) is 29.4 Å². The molecule has 3 heterocycles. The van der Waals surface area contributed by atoms with Crippen LogP contribution in [0.25, 0.3) is 0 Å². The van der Waals surface area contributed by atoms with Crippen molar-refractivity contribution in [1.29, 1.82) is 0 Å². The lowest BCUT2D eigenvalue weighted by atomic mass is 9.87. The molecule has 4 N–H and O–H groups in total. The Bertz CT molecular complexity index is 2420. The fourth-order valence-electron chi connectivity index (χ4n) is 8.65. The predicted molar refractivity (Wildman–Crippen MR) is 290 cm³/mol. The van der Waals surface area contributed by atoms with Crippen LogP contribution in [0.2, 0.25) is 0 Å². The maximum atomic E-state index is 15.2. The van der Waals surface area contributed by atoms with Gasteiger partial charge in [0, 0.05) is 39.5 Å². The molecule has 468 valence electrons. The average molecular weight is 1220 g/mol. The summed E-state index contributed by atoms with van der Waals surface area (Å²) in [6.07, 6.45) is -25.0. The van der Waals surface area contributed by atoms with Gasteiger partial charge in [0.1, 0.15) is 85.4 Å². The number of methoxy groups -OCH3 is 1. The molecule has 26 nitrogen and oxygen atoms in total. The molecule has 28 heteroatoms. The Labute approximate surface area is 490 Å². The van der Waals surface area contributed by atoms with E-state index < -0.39 is 192 Å². The van der Waals surface area contributed by atoms with Crippen molar-refractivity contribution in [2.75, 3.05) is 32.7 Å². The zero-order valence-corrected chi connectivity index (χ0v) is 51.2. The van der Waals surface area contributed by atoms with Crippen molar-refractivity contribution in [1.82, 2.24) is 5.32 Å². The first-order valence-corrected chi connectivity index (χ1v) is 28.7.